The van der Waals surface area contributed by atoms with Crippen LogP contribution in [0.25, 0.3) is 0 Å². The molecule has 2 aromatic rings. The first-order chi connectivity index (χ1) is 13.6. The van der Waals surface area contributed by atoms with Gasteiger partial charge in [0.05, 0.1) is 18.9 Å². The lowest BCUT2D eigenvalue weighted by Gasteiger charge is -2.30. The summed E-state index contributed by atoms with van der Waals surface area (Å²) in [6.45, 7) is 9.78. The Hall–Kier alpha value is -2.25. The molecule has 1 unspecified atom stereocenters. The second-order valence-corrected chi connectivity index (χ2v) is 7.69. The molecule has 0 bridgehead atoms. The minimum atomic E-state index is 0.000841. The fourth-order valence-corrected chi connectivity index (χ4v) is 3.91. The van der Waals surface area contributed by atoms with Crippen LogP contribution in [-0.4, -0.2) is 55.3 Å². The Morgan fingerprint density at radius 1 is 1.18 bits per heavy atom. The number of rotatable bonds is 6. The highest BCUT2D eigenvalue weighted by Crippen LogP contribution is 2.31. The van der Waals surface area contributed by atoms with E-state index in [2.05, 4.69) is 24.1 Å². The first-order valence-corrected chi connectivity index (χ1v) is 10.1. The maximum absolute atomic E-state index is 6.06. The molecule has 0 amide bonds. The fourth-order valence-electron chi connectivity index (χ4n) is 3.91. The van der Waals surface area contributed by atoms with Gasteiger partial charge in [-0.3, -0.25) is 4.68 Å². The number of fused-ring (bicyclic) bond motifs is 1. The van der Waals surface area contributed by atoms with Crippen molar-refractivity contribution in [3.8, 4) is 11.5 Å². The Kier molecular flexibility index (Phi) is 5.73. The summed E-state index contributed by atoms with van der Waals surface area (Å²) in [6, 6.07) is 7.83. The molecular weight excluding hydrogens is 356 g/mol. The lowest BCUT2D eigenvalue weighted by Crippen LogP contribution is -2.39. The summed E-state index contributed by atoms with van der Waals surface area (Å²) in [4.78, 5) is 2.38. The second kappa shape index (κ2) is 8.41. The highest BCUT2D eigenvalue weighted by atomic mass is 16.6. The maximum Gasteiger partial charge on any atom is 0.161 e. The van der Waals surface area contributed by atoms with Gasteiger partial charge >= 0.3 is 0 Å². The average molecular weight is 386 g/mol. The zero-order valence-corrected chi connectivity index (χ0v) is 17.0. The van der Waals surface area contributed by atoms with E-state index in [-0.39, 0.29) is 6.10 Å². The average Bonchev–Trinajstić information content (AvgIpc) is 3.05. The Bertz CT molecular complexity index is 799. The Balaban J connectivity index is 1.44. The van der Waals surface area contributed by atoms with Crippen molar-refractivity contribution in [2.45, 2.75) is 32.4 Å². The smallest absolute Gasteiger partial charge is 0.161 e. The molecule has 152 valence electrons. The van der Waals surface area contributed by atoms with Crippen molar-refractivity contribution in [3.05, 3.63) is 35.5 Å². The molecule has 0 radical (unpaired) electrons. The number of aromatic nitrogens is 2. The topological polar surface area (TPSA) is 60.8 Å². The molecule has 7 nitrogen and oxygen atoms in total. The van der Waals surface area contributed by atoms with Crippen LogP contribution in [0.15, 0.2) is 24.3 Å². The summed E-state index contributed by atoms with van der Waals surface area (Å²) < 4.78 is 19.4. The number of aryl methyl sites for hydroxylation is 1. The van der Waals surface area contributed by atoms with Crippen molar-refractivity contribution >= 4 is 5.82 Å². The Morgan fingerprint density at radius 3 is 2.68 bits per heavy atom. The summed E-state index contributed by atoms with van der Waals surface area (Å²) in [5.74, 6) is 3.21. The van der Waals surface area contributed by atoms with Crippen molar-refractivity contribution in [1.82, 2.24) is 15.1 Å². The normalized spacial score (nSPS) is 19.3. The van der Waals surface area contributed by atoms with E-state index in [1.807, 2.05) is 36.0 Å². The molecule has 2 aliphatic rings. The van der Waals surface area contributed by atoms with E-state index >= 15 is 0 Å². The predicted molar refractivity (Wildman–Crippen MR) is 108 cm³/mol. The Labute approximate surface area is 166 Å². The molecule has 4 rings (SSSR count). The SMILES string of the molecule is CC(C)c1nn(C)c(N2CCOCC2)c1CNCC1COc2ccccc2O1. The molecule has 1 aromatic heterocycles. The van der Waals surface area contributed by atoms with Gasteiger partial charge in [0, 0.05) is 38.8 Å². The van der Waals surface area contributed by atoms with E-state index in [1.165, 1.54) is 11.4 Å². The molecule has 7 heteroatoms. The molecule has 0 aliphatic carbocycles. The third-order valence-electron chi connectivity index (χ3n) is 5.24. The zero-order chi connectivity index (χ0) is 19.5. The second-order valence-electron chi connectivity index (χ2n) is 7.69. The Morgan fingerprint density at radius 2 is 1.93 bits per heavy atom. The van der Waals surface area contributed by atoms with E-state index in [0.29, 0.717) is 12.5 Å². The van der Waals surface area contributed by atoms with E-state index in [4.69, 9.17) is 19.3 Å². The van der Waals surface area contributed by atoms with Crippen LogP contribution in [0.1, 0.15) is 31.0 Å². The molecule has 0 saturated carbocycles. The zero-order valence-electron chi connectivity index (χ0n) is 17.0. The van der Waals surface area contributed by atoms with Crippen molar-refractivity contribution in [3.63, 3.8) is 0 Å². The van der Waals surface area contributed by atoms with Crippen LogP contribution < -0.4 is 19.7 Å². The first kappa shape index (κ1) is 19.1. The number of nitrogens with one attached hydrogen (secondary N) is 1. The fraction of sp³-hybridized carbons (Fsp3) is 0.571. The molecule has 3 heterocycles. The first-order valence-electron chi connectivity index (χ1n) is 10.1. The number of hydrogen-bond acceptors (Lipinski definition) is 6. The van der Waals surface area contributed by atoms with Gasteiger partial charge in [0.25, 0.3) is 0 Å². The highest BCUT2D eigenvalue weighted by Gasteiger charge is 2.25. The lowest BCUT2D eigenvalue weighted by molar-refractivity contribution is 0.0902. The van der Waals surface area contributed by atoms with Crippen molar-refractivity contribution < 1.29 is 14.2 Å². The van der Waals surface area contributed by atoms with Gasteiger partial charge in [-0.1, -0.05) is 26.0 Å². The van der Waals surface area contributed by atoms with E-state index in [1.54, 1.807) is 0 Å². The summed E-state index contributed by atoms with van der Waals surface area (Å²) >= 11 is 0. The number of nitrogens with zero attached hydrogens (tertiary/aromatic N) is 3. The predicted octanol–water partition coefficient (Wildman–Crippen LogP) is 2.31. The lowest BCUT2D eigenvalue weighted by atomic mass is 10.0. The summed E-state index contributed by atoms with van der Waals surface area (Å²) in [7, 11) is 2.04. The maximum atomic E-state index is 6.06. The van der Waals surface area contributed by atoms with Gasteiger partial charge in [-0.05, 0) is 18.1 Å². The van der Waals surface area contributed by atoms with Crippen LogP contribution in [0.3, 0.4) is 0 Å². The van der Waals surface area contributed by atoms with E-state index in [0.717, 1.165) is 56.6 Å². The molecule has 1 atom stereocenters. The third kappa shape index (κ3) is 3.95. The summed E-state index contributed by atoms with van der Waals surface area (Å²) in [6.07, 6.45) is 0.000841. The van der Waals surface area contributed by atoms with Gasteiger partial charge < -0.3 is 24.4 Å². The molecule has 1 saturated heterocycles. The van der Waals surface area contributed by atoms with Crippen LogP contribution in [0.5, 0.6) is 11.5 Å². The van der Waals surface area contributed by atoms with Crippen LogP contribution >= 0.6 is 0 Å². The van der Waals surface area contributed by atoms with E-state index < -0.39 is 0 Å². The summed E-state index contributed by atoms with van der Waals surface area (Å²) in [5.41, 5.74) is 2.43. The molecule has 28 heavy (non-hydrogen) atoms. The molecular formula is C21H30N4O3. The monoisotopic (exact) mass is 386 g/mol. The van der Waals surface area contributed by atoms with Crippen LogP contribution in [0.2, 0.25) is 0 Å². The van der Waals surface area contributed by atoms with Gasteiger partial charge in [0.15, 0.2) is 11.5 Å². The van der Waals surface area contributed by atoms with E-state index in [9.17, 15) is 0 Å². The largest absolute Gasteiger partial charge is 0.486 e. The minimum absolute atomic E-state index is 0.000841. The number of anilines is 1. The summed E-state index contributed by atoms with van der Waals surface area (Å²) in [5, 5.41) is 8.39. The number of benzene rings is 1. The van der Waals surface area contributed by atoms with Crippen LogP contribution in [-0.2, 0) is 18.3 Å². The molecule has 2 aliphatic heterocycles. The van der Waals surface area contributed by atoms with Crippen molar-refractivity contribution in [2.75, 3.05) is 44.4 Å². The quantitative estimate of drug-likeness (QED) is 0.822. The van der Waals surface area contributed by atoms with Gasteiger partial charge in [-0.2, -0.15) is 5.10 Å². The third-order valence-corrected chi connectivity index (χ3v) is 5.24. The minimum Gasteiger partial charge on any atom is -0.486 e. The van der Waals surface area contributed by atoms with Crippen molar-refractivity contribution in [2.24, 2.45) is 7.05 Å². The molecule has 1 N–H and O–H groups in total. The van der Waals surface area contributed by atoms with Crippen LogP contribution in [0.4, 0.5) is 5.82 Å². The van der Waals surface area contributed by atoms with Gasteiger partial charge in [-0.25, -0.2) is 0 Å². The van der Waals surface area contributed by atoms with Gasteiger partial charge in [0.1, 0.15) is 18.5 Å². The van der Waals surface area contributed by atoms with Gasteiger partial charge in [0.2, 0.25) is 0 Å². The standard InChI is InChI=1S/C21H30N4O3/c1-15(2)20-17(21(24(3)23-20)25-8-10-26-11-9-25)13-22-12-16-14-27-18-6-4-5-7-19(18)28-16/h4-7,15-16,22H,8-14H2,1-3H3. The number of para-hydroxylation sites is 2. The number of morpholine rings is 1. The molecule has 1 aromatic carbocycles. The number of hydrogen-bond donors (Lipinski definition) is 1. The van der Waals surface area contributed by atoms with Crippen molar-refractivity contribution in [1.29, 1.82) is 0 Å². The molecule has 0 spiro atoms. The van der Waals surface area contributed by atoms with Crippen LogP contribution in [0, 0.1) is 0 Å². The molecule has 1 fully saturated rings. The van der Waals surface area contributed by atoms with Gasteiger partial charge in [-0.15, -0.1) is 0 Å². The highest BCUT2D eigenvalue weighted by molar-refractivity contribution is 5.51. The number of ether oxygens (including phenoxy) is 3.